The number of rotatable bonds is 9. The van der Waals surface area contributed by atoms with Crippen molar-refractivity contribution in [3.05, 3.63) is 39.0 Å². The van der Waals surface area contributed by atoms with Gasteiger partial charge in [-0.2, -0.15) is 4.31 Å². The van der Waals surface area contributed by atoms with Gasteiger partial charge in [0.15, 0.2) is 0 Å². The highest BCUT2D eigenvalue weighted by atomic mass is 32.2. The summed E-state index contributed by atoms with van der Waals surface area (Å²) in [6.07, 6.45) is 2.14. The molecule has 30 heavy (non-hydrogen) atoms. The molecule has 0 bridgehead atoms. The van der Waals surface area contributed by atoms with Gasteiger partial charge in [-0.25, -0.2) is 19.1 Å². The van der Waals surface area contributed by atoms with Crippen LogP contribution < -0.4 is 5.73 Å². The number of phosphoric acid groups is 2. The van der Waals surface area contributed by atoms with E-state index in [0.29, 0.717) is 35.2 Å². The molecule has 1 atom stereocenters. The summed E-state index contributed by atoms with van der Waals surface area (Å²) in [5.41, 5.74) is 7.39. The van der Waals surface area contributed by atoms with Crippen LogP contribution in [0.4, 0.5) is 5.82 Å². The van der Waals surface area contributed by atoms with Crippen molar-refractivity contribution in [3.63, 3.8) is 0 Å². The number of phosphoric ester groups is 1. The molecule has 0 saturated heterocycles. The van der Waals surface area contributed by atoms with E-state index in [0.717, 1.165) is 10.6 Å². The van der Waals surface area contributed by atoms with Gasteiger partial charge in [0.1, 0.15) is 22.4 Å². The van der Waals surface area contributed by atoms with Crippen LogP contribution in [0.25, 0.3) is 0 Å². The van der Waals surface area contributed by atoms with E-state index in [-0.39, 0.29) is 18.8 Å². The van der Waals surface area contributed by atoms with E-state index in [4.69, 9.17) is 15.5 Å². The highest BCUT2D eigenvalue weighted by molar-refractivity contribution is 8.06. The third kappa shape index (κ3) is 6.79. The average Bonchev–Trinajstić information content (AvgIpc) is 2.90. The molecule has 1 aliphatic heterocycles. The molecule has 15 heteroatoms. The molecule has 0 amide bonds. The van der Waals surface area contributed by atoms with Crippen LogP contribution in [0.15, 0.2) is 27.6 Å². The zero-order chi connectivity index (χ0) is 22.7. The fraction of sp³-hybridized carbons (Fsp3) is 0.467. The van der Waals surface area contributed by atoms with Crippen LogP contribution in [0.1, 0.15) is 38.1 Å². The summed E-state index contributed by atoms with van der Waals surface area (Å²) >= 11 is 1.26. The second-order valence-corrected chi connectivity index (χ2v) is 10.2. The van der Waals surface area contributed by atoms with E-state index in [1.54, 1.807) is 27.0 Å². The third-order valence-electron chi connectivity index (χ3n) is 4.00. The molecular weight excluding hydrogens is 458 g/mol. The summed E-state index contributed by atoms with van der Waals surface area (Å²) in [6.45, 7) is 5.28. The molecule has 1 aromatic heterocycles. The van der Waals surface area contributed by atoms with Crippen molar-refractivity contribution in [1.82, 2.24) is 14.9 Å². The Morgan fingerprint density at radius 1 is 1.30 bits per heavy atom. The Bertz CT molecular complexity index is 964. The Balaban J connectivity index is 2.17. The van der Waals surface area contributed by atoms with E-state index < -0.39 is 15.6 Å². The van der Waals surface area contributed by atoms with Gasteiger partial charge in [-0.05, 0) is 13.8 Å². The number of aliphatic hydroxyl groups is 1. The summed E-state index contributed by atoms with van der Waals surface area (Å²) in [5, 5.41) is 10.9. The quantitative estimate of drug-likeness (QED) is 0.255. The van der Waals surface area contributed by atoms with Gasteiger partial charge >= 0.3 is 15.6 Å². The van der Waals surface area contributed by atoms with Gasteiger partial charge in [-0.15, -0.1) is 0 Å². The number of thioether (sulfide) groups is 1. The lowest BCUT2D eigenvalue weighted by molar-refractivity contribution is 0.180. The predicted octanol–water partition coefficient (Wildman–Crippen LogP) is 2.90. The molecule has 0 aliphatic carbocycles. The monoisotopic (exact) mass is 482 g/mol. The van der Waals surface area contributed by atoms with Crippen molar-refractivity contribution in [1.29, 1.82) is 0 Å². The summed E-state index contributed by atoms with van der Waals surface area (Å²) in [7, 11) is -10.1. The van der Waals surface area contributed by atoms with E-state index in [1.807, 2.05) is 4.90 Å². The van der Waals surface area contributed by atoms with Gasteiger partial charge in [0.2, 0.25) is 0 Å². The number of allylic oxidation sites excluding steroid dienone is 2. The Labute approximate surface area is 177 Å². The lowest BCUT2D eigenvalue weighted by Gasteiger charge is -2.22. The van der Waals surface area contributed by atoms with Gasteiger partial charge in [-0.3, -0.25) is 4.52 Å². The van der Waals surface area contributed by atoms with Crippen LogP contribution in [0, 0.1) is 6.92 Å². The predicted molar refractivity (Wildman–Crippen MR) is 110 cm³/mol. The van der Waals surface area contributed by atoms with Crippen LogP contribution in [-0.2, 0) is 24.5 Å². The van der Waals surface area contributed by atoms with Crippen molar-refractivity contribution in [2.75, 3.05) is 12.3 Å². The van der Waals surface area contributed by atoms with Crippen LogP contribution in [0.2, 0.25) is 0 Å². The molecule has 1 unspecified atom stereocenters. The molecule has 0 fully saturated rings. The number of nitrogen functional groups attached to an aromatic ring is 1. The van der Waals surface area contributed by atoms with Crippen molar-refractivity contribution in [3.8, 4) is 0 Å². The summed E-state index contributed by atoms with van der Waals surface area (Å²) in [6, 6.07) is 0. The Hall–Kier alpha value is -1.43. The molecule has 168 valence electrons. The van der Waals surface area contributed by atoms with Crippen molar-refractivity contribution in [2.45, 2.75) is 40.2 Å². The number of aromatic nitrogens is 2. The topological polar surface area (TPSA) is 189 Å². The van der Waals surface area contributed by atoms with Crippen LogP contribution in [0.3, 0.4) is 0 Å². The average molecular weight is 482 g/mol. The minimum absolute atomic E-state index is 0.141. The minimum Gasteiger partial charge on any atom is -0.510 e. The number of hydrogen-bond acceptors (Lipinski definition) is 10. The highest BCUT2D eigenvalue weighted by Gasteiger charge is 2.33. The normalized spacial score (nSPS) is 18.7. The van der Waals surface area contributed by atoms with Crippen LogP contribution in [0.5, 0.6) is 0 Å². The Kier molecular flexibility index (Phi) is 8.11. The molecular formula is C15H24N4O8P2S. The molecule has 0 saturated carbocycles. The molecule has 12 nitrogen and oxygen atoms in total. The van der Waals surface area contributed by atoms with E-state index in [9.17, 15) is 19.1 Å². The van der Waals surface area contributed by atoms with E-state index in [1.165, 1.54) is 11.8 Å². The molecule has 0 aromatic carbocycles. The molecule has 2 rings (SSSR count). The van der Waals surface area contributed by atoms with Gasteiger partial charge < -0.3 is 30.4 Å². The zero-order valence-corrected chi connectivity index (χ0v) is 19.2. The first-order valence-corrected chi connectivity index (χ1v) is 12.6. The zero-order valence-electron chi connectivity index (χ0n) is 16.5. The number of hydrogen-bond donors (Lipinski definition) is 5. The van der Waals surface area contributed by atoms with E-state index in [2.05, 4.69) is 18.8 Å². The lowest BCUT2D eigenvalue weighted by Crippen LogP contribution is -2.19. The van der Waals surface area contributed by atoms with E-state index >= 15 is 0 Å². The molecule has 0 radical (unpaired) electrons. The second kappa shape index (κ2) is 9.80. The van der Waals surface area contributed by atoms with Crippen molar-refractivity contribution in [2.24, 2.45) is 0 Å². The number of aryl methyl sites for hydroxylation is 1. The fourth-order valence-corrected chi connectivity index (χ4v) is 5.39. The first-order valence-electron chi connectivity index (χ1n) is 8.72. The second-order valence-electron chi connectivity index (χ2n) is 6.25. The van der Waals surface area contributed by atoms with Crippen molar-refractivity contribution >= 4 is 33.2 Å². The first kappa shape index (κ1) is 24.8. The van der Waals surface area contributed by atoms with Crippen LogP contribution in [-0.4, -0.2) is 41.3 Å². The SMILES string of the molecule is CC/C(O)=C1\SC(CCOP(=O)(O)OP(=O)(O)O)=C(C)N1Cc1cnc(C)nc1N. The fourth-order valence-electron chi connectivity index (χ4n) is 2.55. The molecule has 1 aliphatic rings. The molecule has 6 N–H and O–H groups in total. The van der Waals surface area contributed by atoms with Crippen molar-refractivity contribution < 1.29 is 37.8 Å². The Morgan fingerprint density at radius 3 is 2.53 bits per heavy atom. The van der Waals surface area contributed by atoms with Crippen LogP contribution >= 0.6 is 27.4 Å². The van der Waals surface area contributed by atoms with Gasteiger partial charge in [0.25, 0.3) is 0 Å². The number of nitrogens with zero attached hydrogens (tertiary/aromatic N) is 3. The minimum atomic E-state index is -5.18. The third-order valence-corrected chi connectivity index (χ3v) is 7.58. The molecule has 1 aromatic rings. The van der Waals surface area contributed by atoms with Gasteiger partial charge in [0.05, 0.1) is 13.2 Å². The largest absolute Gasteiger partial charge is 0.510 e. The standard InChI is InChI=1S/C15H24N4O8P2S/c1-4-12(20)15-19(8-11-7-17-10(3)18-14(11)16)9(2)13(30-15)5-6-26-29(24,25)27-28(21,22)23/h7,20H,4-6,8H2,1-3H3,(H,24,25)(H2,16,17,18)(H2,21,22,23)/b15-12+. The summed E-state index contributed by atoms with van der Waals surface area (Å²) < 4.78 is 30.7. The smallest absolute Gasteiger partial charge is 0.481 e. The van der Waals surface area contributed by atoms with Gasteiger partial charge in [0, 0.05) is 35.2 Å². The summed E-state index contributed by atoms with van der Waals surface area (Å²) in [4.78, 5) is 37.5. The maximum atomic E-state index is 11.6. The lowest BCUT2D eigenvalue weighted by atomic mass is 10.2. The summed E-state index contributed by atoms with van der Waals surface area (Å²) in [5.74, 6) is 1.01. The number of aliphatic hydroxyl groups excluding tert-OH is 1. The first-order chi connectivity index (χ1) is 13.8. The maximum Gasteiger partial charge on any atom is 0.481 e. The number of anilines is 1. The van der Waals surface area contributed by atoms with Gasteiger partial charge in [-0.1, -0.05) is 18.7 Å². The molecule has 2 heterocycles. The Morgan fingerprint density at radius 2 is 1.97 bits per heavy atom. The number of nitrogens with two attached hydrogens (primary N) is 1. The maximum absolute atomic E-state index is 11.6. The molecule has 0 spiro atoms. The highest BCUT2D eigenvalue weighted by Crippen LogP contribution is 2.57.